The number of carbonyl (C=O) groups is 1. The molecule has 2 aromatic heterocycles. The van der Waals surface area contributed by atoms with Gasteiger partial charge in [-0.3, -0.25) is 4.57 Å². The Labute approximate surface area is 229 Å². The predicted molar refractivity (Wildman–Crippen MR) is 143 cm³/mol. The second-order valence-electron chi connectivity index (χ2n) is 9.83. The van der Waals surface area contributed by atoms with E-state index in [1.165, 1.54) is 9.47 Å². The molecule has 0 aliphatic carbocycles. The van der Waals surface area contributed by atoms with E-state index in [0.717, 1.165) is 13.0 Å². The van der Waals surface area contributed by atoms with Gasteiger partial charge in [0.15, 0.2) is 5.82 Å². The number of nitrogens with zero attached hydrogens (tertiary/aromatic N) is 9. The first-order valence-electron chi connectivity index (χ1n) is 13.2. The molecule has 13 nitrogen and oxygen atoms in total. The predicted octanol–water partition coefficient (Wildman–Crippen LogP) is 2.12. The van der Waals surface area contributed by atoms with Crippen molar-refractivity contribution in [3.63, 3.8) is 0 Å². The Bertz CT molecular complexity index is 1330. The van der Waals surface area contributed by atoms with Gasteiger partial charge in [0.05, 0.1) is 25.3 Å². The van der Waals surface area contributed by atoms with E-state index in [0.29, 0.717) is 68.7 Å². The molecule has 4 heterocycles. The van der Waals surface area contributed by atoms with Crippen LogP contribution in [0.1, 0.15) is 18.7 Å². The molecule has 0 saturated carbocycles. The molecule has 0 radical (unpaired) electrons. The van der Waals surface area contributed by atoms with Gasteiger partial charge in [0.2, 0.25) is 17.8 Å². The van der Waals surface area contributed by atoms with Crippen molar-refractivity contribution in [3.05, 3.63) is 24.0 Å². The highest BCUT2D eigenvalue weighted by atomic mass is 19.3. The maximum Gasteiger partial charge on any atom is 0.407 e. The molecule has 1 aromatic carbocycles. The van der Waals surface area contributed by atoms with Gasteiger partial charge >= 0.3 is 6.09 Å². The molecule has 216 valence electrons. The average Bonchev–Trinajstić information content (AvgIpc) is 3.36. The smallest absolute Gasteiger partial charge is 0.407 e. The molecule has 40 heavy (non-hydrogen) atoms. The van der Waals surface area contributed by atoms with Crippen LogP contribution in [0.3, 0.4) is 0 Å². The second kappa shape index (κ2) is 12.1. The minimum atomic E-state index is -2.90. The number of anilines is 2. The number of para-hydroxylation sites is 1. The molecule has 15 heteroatoms. The van der Waals surface area contributed by atoms with Crippen molar-refractivity contribution in [2.75, 3.05) is 89.5 Å². The lowest BCUT2D eigenvalue weighted by molar-refractivity contribution is 0.122. The van der Waals surface area contributed by atoms with Gasteiger partial charge in [0.25, 0.3) is 6.43 Å². The summed E-state index contributed by atoms with van der Waals surface area (Å²) in [7, 11) is 3.94. The zero-order valence-corrected chi connectivity index (χ0v) is 22.5. The van der Waals surface area contributed by atoms with Crippen molar-refractivity contribution in [2.24, 2.45) is 0 Å². The summed E-state index contributed by atoms with van der Waals surface area (Å²) in [6, 6.07) is 5.13. The van der Waals surface area contributed by atoms with Crippen LogP contribution in [0.25, 0.3) is 17.0 Å². The highest BCUT2D eigenvalue weighted by Crippen LogP contribution is 2.32. The third kappa shape index (κ3) is 5.99. The zero-order valence-electron chi connectivity index (χ0n) is 22.5. The molecule has 2 fully saturated rings. The number of piperazine rings is 1. The Hall–Kier alpha value is -3.85. The van der Waals surface area contributed by atoms with E-state index < -0.39 is 18.3 Å². The van der Waals surface area contributed by atoms with E-state index in [9.17, 15) is 18.7 Å². The van der Waals surface area contributed by atoms with Crippen molar-refractivity contribution < 1.29 is 28.2 Å². The topological polar surface area (TPSA) is 125 Å². The first-order valence-corrected chi connectivity index (χ1v) is 13.2. The largest absolute Gasteiger partial charge is 0.491 e. The Morgan fingerprint density at radius 3 is 2.27 bits per heavy atom. The van der Waals surface area contributed by atoms with Crippen LogP contribution in [0.4, 0.5) is 25.5 Å². The minimum Gasteiger partial charge on any atom is -0.491 e. The number of amides is 1. The Kier molecular flexibility index (Phi) is 8.40. The molecule has 5 rings (SSSR count). The molecule has 0 unspecified atom stereocenters. The standard InChI is InChI=1S/C25H33F2N9O4/c1-32(2)7-4-14-40-18-6-3-5-17-19(18)28-21(20(26)27)36(17)24-30-22(33-8-10-35(11-9-33)25(37)38)29-23(31-24)34-12-15-39-16-13-34/h3,5-6,20H,4,7-16H2,1-2H3,(H,37,38). The van der Waals surface area contributed by atoms with Crippen molar-refractivity contribution in [1.29, 1.82) is 0 Å². The summed E-state index contributed by atoms with van der Waals surface area (Å²) >= 11 is 0. The van der Waals surface area contributed by atoms with Gasteiger partial charge < -0.3 is 34.2 Å². The maximum absolute atomic E-state index is 14.4. The van der Waals surface area contributed by atoms with Crippen LogP contribution in [-0.4, -0.2) is 125 Å². The van der Waals surface area contributed by atoms with Crippen LogP contribution in [-0.2, 0) is 4.74 Å². The number of ether oxygens (including phenoxy) is 2. The molecule has 1 amide bonds. The number of imidazole rings is 1. The minimum absolute atomic E-state index is 0.00899. The molecule has 0 bridgehead atoms. The summed E-state index contributed by atoms with van der Waals surface area (Å²) < 4.78 is 41.5. The molecular formula is C25H33F2N9O4. The molecule has 2 aliphatic rings. The van der Waals surface area contributed by atoms with Gasteiger partial charge in [-0.2, -0.15) is 15.0 Å². The fraction of sp³-hybridized carbons (Fsp3) is 0.560. The summed E-state index contributed by atoms with van der Waals surface area (Å²) in [6.45, 7) is 4.53. The Morgan fingerprint density at radius 1 is 1.00 bits per heavy atom. The lowest BCUT2D eigenvalue weighted by atomic mass is 10.3. The highest BCUT2D eigenvalue weighted by molar-refractivity contribution is 5.84. The maximum atomic E-state index is 14.4. The van der Waals surface area contributed by atoms with E-state index in [2.05, 4.69) is 19.9 Å². The summed E-state index contributed by atoms with van der Waals surface area (Å²) in [5.74, 6) is 0.538. The van der Waals surface area contributed by atoms with Crippen LogP contribution in [0.2, 0.25) is 0 Å². The number of rotatable bonds is 9. The number of benzene rings is 1. The van der Waals surface area contributed by atoms with Crippen molar-refractivity contribution in [2.45, 2.75) is 12.8 Å². The van der Waals surface area contributed by atoms with Crippen LogP contribution < -0.4 is 14.5 Å². The van der Waals surface area contributed by atoms with Crippen molar-refractivity contribution >= 4 is 29.0 Å². The van der Waals surface area contributed by atoms with E-state index in [1.807, 2.05) is 28.8 Å². The van der Waals surface area contributed by atoms with Gasteiger partial charge in [-0.25, -0.2) is 18.6 Å². The quantitative estimate of drug-likeness (QED) is 0.386. The summed E-state index contributed by atoms with van der Waals surface area (Å²) in [6.07, 6.45) is -3.13. The fourth-order valence-electron chi connectivity index (χ4n) is 4.71. The van der Waals surface area contributed by atoms with Gasteiger partial charge in [-0.15, -0.1) is 0 Å². The molecule has 2 aliphatic heterocycles. The first-order chi connectivity index (χ1) is 19.3. The van der Waals surface area contributed by atoms with E-state index in [-0.39, 0.29) is 25.0 Å². The van der Waals surface area contributed by atoms with Crippen molar-refractivity contribution in [1.82, 2.24) is 34.3 Å². The van der Waals surface area contributed by atoms with Crippen LogP contribution in [0.15, 0.2) is 18.2 Å². The Balaban J connectivity index is 1.56. The number of alkyl halides is 2. The third-order valence-corrected chi connectivity index (χ3v) is 6.80. The van der Waals surface area contributed by atoms with Crippen LogP contribution >= 0.6 is 0 Å². The van der Waals surface area contributed by atoms with E-state index in [4.69, 9.17) is 9.47 Å². The van der Waals surface area contributed by atoms with Gasteiger partial charge in [-0.1, -0.05) is 6.07 Å². The number of aromatic nitrogens is 5. The molecule has 2 saturated heterocycles. The monoisotopic (exact) mass is 561 g/mol. The van der Waals surface area contributed by atoms with E-state index in [1.54, 1.807) is 18.2 Å². The first kappa shape index (κ1) is 27.7. The van der Waals surface area contributed by atoms with Crippen molar-refractivity contribution in [3.8, 4) is 11.7 Å². The van der Waals surface area contributed by atoms with Crippen LogP contribution in [0, 0.1) is 0 Å². The molecule has 3 aromatic rings. The normalized spacial score (nSPS) is 16.4. The molecular weight excluding hydrogens is 528 g/mol. The summed E-state index contributed by atoms with van der Waals surface area (Å²) in [5.41, 5.74) is 0.689. The summed E-state index contributed by atoms with van der Waals surface area (Å²) in [5, 5.41) is 9.33. The van der Waals surface area contributed by atoms with E-state index >= 15 is 0 Å². The third-order valence-electron chi connectivity index (χ3n) is 6.80. The SMILES string of the molecule is CN(C)CCCOc1cccc2c1nc(C(F)F)n2-c1nc(N2CCOCC2)nc(N2CCN(C(=O)O)CC2)n1. The summed E-state index contributed by atoms with van der Waals surface area (Å²) in [4.78, 5) is 36.7. The molecule has 1 N–H and O–H groups in total. The lowest BCUT2D eigenvalue weighted by Crippen LogP contribution is -2.49. The number of carboxylic acid groups (broad SMARTS) is 1. The van der Waals surface area contributed by atoms with Gasteiger partial charge in [0, 0.05) is 45.8 Å². The number of morpholine rings is 1. The number of hydrogen-bond acceptors (Lipinski definition) is 10. The lowest BCUT2D eigenvalue weighted by Gasteiger charge is -2.34. The van der Waals surface area contributed by atoms with Gasteiger partial charge in [0.1, 0.15) is 11.3 Å². The number of fused-ring (bicyclic) bond motifs is 1. The second-order valence-corrected chi connectivity index (χ2v) is 9.83. The number of halogens is 2. The number of hydrogen-bond donors (Lipinski definition) is 1. The van der Waals surface area contributed by atoms with Gasteiger partial charge in [-0.05, 0) is 32.6 Å². The Morgan fingerprint density at radius 2 is 1.65 bits per heavy atom. The molecule has 0 atom stereocenters. The highest BCUT2D eigenvalue weighted by Gasteiger charge is 2.28. The molecule has 0 spiro atoms. The van der Waals surface area contributed by atoms with Crippen LogP contribution in [0.5, 0.6) is 5.75 Å². The average molecular weight is 562 g/mol. The zero-order chi connectivity index (χ0) is 28.2. The fourth-order valence-corrected chi connectivity index (χ4v) is 4.71.